The van der Waals surface area contributed by atoms with Crippen molar-refractivity contribution in [2.75, 3.05) is 19.6 Å². The summed E-state index contributed by atoms with van der Waals surface area (Å²) in [4.78, 5) is 12.2. The zero-order valence-corrected chi connectivity index (χ0v) is 13.9. The van der Waals surface area contributed by atoms with Crippen molar-refractivity contribution < 1.29 is 4.79 Å². The van der Waals surface area contributed by atoms with E-state index in [2.05, 4.69) is 41.8 Å². The van der Waals surface area contributed by atoms with Crippen LogP contribution in [-0.2, 0) is 0 Å². The molecule has 3 nitrogen and oxygen atoms in total. The number of unbranched alkanes of at least 4 members (excludes halogenated alkanes) is 1. The highest BCUT2D eigenvalue weighted by Gasteiger charge is 2.17. The van der Waals surface area contributed by atoms with Gasteiger partial charge in [-0.3, -0.25) is 4.79 Å². The van der Waals surface area contributed by atoms with Gasteiger partial charge in [0.15, 0.2) is 0 Å². The zero-order valence-electron chi connectivity index (χ0n) is 13.9. The van der Waals surface area contributed by atoms with E-state index < -0.39 is 0 Å². The molecule has 3 rings (SSSR count). The Kier molecular flexibility index (Phi) is 5.29. The summed E-state index contributed by atoms with van der Waals surface area (Å²) in [7, 11) is 0. The molecule has 1 saturated heterocycles. The van der Waals surface area contributed by atoms with E-state index in [0.29, 0.717) is 5.92 Å². The number of amides is 1. The Balaban J connectivity index is 1.84. The third-order valence-electron chi connectivity index (χ3n) is 4.77. The monoisotopic (exact) mass is 310 g/mol. The van der Waals surface area contributed by atoms with Crippen LogP contribution in [0.2, 0.25) is 0 Å². The highest BCUT2D eigenvalue weighted by Crippen LogP contribution is 2.31. The minimum absolute atomic E-state index is 0.0348. The summed E-state index contributed by atoms with van der Waals surface area (Å²) in [6.07, 6.45) is 4.51. The van der Waals surface area contributed by atoms with Gasteiger partial charge in [-0.25, -0.2) is 0 Å². The van der Waals surface area contributed by atoms with Crippen LogP contribution in [0.15, 0.2) is 36.4 Å². The first kappa shape index (κ1) is 16.0. The van der Waals surface area contributed by atoms with Crippen LogP contribution in [0.1, 0.15) is 54.4 Å². The summed E-state index contributed by atoms with van der Waals surface area (Å²) < 4.78 is 0. The van der Waals surface area contributed by atoms with Crippen LogP contribution in [0, 0.1) is 0 Å². The largest absolute Gasteiger partial charge is 0.352 e. The molecule has 0 saturated carbocycles. The predicted molar refractivity (Wildman–Crippen MR) is 96.0 cm³/mol. The van der Waals surface area contributed by atoms with Crippen molar-refractivity contribution in [3.8, 4) is 0 Å². The second kappa shape index (κ2) is 7.60. The molecule has 0 atom stereocenters. The van der Waals surface area contributed by atoms with E-state index in [1.165, 1.54) is 29.2 Å². The molecular weight excluding hydrogens is 284 g/mol. The van der Waals surface area contributed by atoms with Crippen molar-refractivity contribution in [2.45, 2.75) is 38.5 Å². The van der Waals surface area contributed by atoms with Gasteiger partial charge in [-0.1, -0.05) is 37.6 Å². The number of hydrogen-bond donors (Lipinski definition) is 2. The summed E-state index contributed by atoms with van der Waals surface area (Å²) in [6.45, 7) is 5.07. The molecule has 0 aliphatic carbocycles. The number of benzene rings is 2. The second-order valence-corrected chi connectivity index (χ2v) is 6.42. The van der Waals surface area contributed by atoms with Gasteiger partial charge in [0.2, 0.25) is 0 Å². The molecule has 2 aromatic rings. The maximum atomic E-state index is 12.2. The van der Waals surface area contributed by atoms with Crippen LogP contribution < -0.4 is 10.6 Å². The van der Waals surface area contributed by atoms with Crippen LogP contribution in [-0.4, -0.2) is 25.5 Å². The Bertz CT molecular complexity index is 674. The summed E-state index contributed by atoms with van der Waals surface area (Å²) in [5.74, 6) is 0.664. The van der Waals surface area contributed by atoms with Crippen molar-refractivity contribution in [3.63, 3.8) is 0 Å². The Morgan fingerprint density at radius 3 is 2.83 bits per heavy atom. The lowest BCUT2D eigenvalue weighted by Crippen LogP contribution is -2.26. The van der Waals surface area contributed by atoms with Gasteiger partial charge >= 0.3 is 0 Å². The van der Waals surface area contributed by atoms with E-state index in [1.54, 1.807) is 0 Å². The zero-order chi connectivity index (χ0) is 16.1. The maximum Gasteiger partial charge on any atom is 0.251 e. The number of nitrogens with one attached hydrogen (secondary N) is 2. The maximum absolute atomic E-state index is 12.2. The standard InChI is InChI=1S/C20H26N2O/c1-2-3-11-22-20(23)17-7-8-19-16(14-17)5-4-6-18(19)15-9-12-21-13-10-15/h4-8,14-15,21H,2-3,9-13H2,1H3,(H,22,23). The fourth-order valence-corrected chi connectivity index (χ4v) is 3.42. The van der Waals surface area contributed by atoms with Crippen LogP contribution in [0.25, 0.3) is 10.8 Å². The molecular formula is C20H26N2O. The predicted octanol–water partition coefficient (Wildman–Crippen LogP) is 3.84. The van der Waals surface area contributed by atoms with Gasteiger partial charge in [0.1, 0.15) is 0 Å². The smallest absolute Gasteiger partial charge is 0.251 e. The first-order chi connectivity index (χ1) is 11.3. The van der Waals surface area contributed by atoms with Crippen LogP contribution in [0.5, 0.6) is 0 Å². The lowest BCUT2D eigenvalue weighted by molar-refractivity contribution is 0.0953. The van der Waals surface area contributed by atoms with Gasteiger partial charge in [0.05, 0.1) is 0 Å². The van der Waals surface area contributed by atoms with Gasteiger partial charge in [-0.05, 0) is 66.7 Å². The van der Waals surface area contributed by atoms with Crippen LogP contribution in [0.3, 0.4) is 0 Å². The first-order valence-corrected chi connectivity index (χ1v) is 8.81. The fourth-order valence-electron chi connectivity index (χ4n) is 3.42. The van der Waals surface area contributed by atoms with E-state index in [9.17, 15) is 4.79 Å². The third-order valence-corrected chi connectivity index (χ3v) is 4.77. The van der Waals surface area contributed by atoms with Gasteiger partial charge in [-0.2, -0.15) is 0 Å². The highest BCUT2D eigenvalue weighted by atomic mass is 16.1. The second-order valence-electron chi connectivity index (χ2n) is 6.42. The molecule has 23 heavy (non-hydrogen) atoms. The van der Waals surface area contributed by atoms with Crippen molar-refractivity contribution in [3.05, 3.63) is 47.5 Å². The van der Waals surface area contributed by atoms with E-state index in [4.69, 9.17) is 0 Å². The summed E-state index contributed by atoms with van der Waals surface area (Å²) >= 11 is 0. The summed E-state index contributed by atoms with van der Waals surface area (Å²) in [5.41, 5.74) is 2.19. The van der Waals surface area contributed by atoms with E-state index >= 15 is 0 Å². The van der Waals surface area contributed by atoms with Gasteiger partial charge in [0.25, 0.3) is 5.91 Å². The Morgan fingerprint density at radius 1 is 1.22 bits per heavy atom. The molecule has 0 aromatic heterocycles. The summed E-state index contributed by atoms with van der Waals surface area (Å²) in [6, 6.07) is 12.6. The number of carbonyl (C=O) groups excluding carboxylic acids is 1. The van der Waals surface area contributed by atoms with E-state index in [0.717, 1.165) is 38.0 Å². The summed E-state index contributed by atoms with van der Waals surface area (Å²) in [5, 5.41) is 8.89. The fraction of sp³-hybridized carbons (Fsp3) is 0.450. The number of fused-ring (bicyclic) bond motifs is 1. The first-order valence-electron chi connectivity index (χ1n) is 8.81. The van der Waals surface area contributed by atoms with Gasteiger partial charge in [-0.15, -0.1) is 0 Å². The molecule has 0 unspecified atom stereocenters. The SMILES string of the molecule is CCCCNC(=O)c1ccc2c(C3CCNCC3)cccc2c1. The molecule has 0 bridgehead atoms. The average Bonchev–Trinajstić information content (AvgIpc) is 2.61. The molecule has 2 N–H and O–H groups in total. The van der Waals surface area contributed by atoms with Gasteiger partial charge < -0.3 is 10.6 Å². The van der Waals surface area contributed by atoms with Crippen LogP contribution in [0.4, 0.5) is 0 Å². The minimum atomic E-state index is 0.0348. The molecule has 1 heterocycles. The molecule has 3 heteroatoms. The third kappa shape index (κ3) is 3.73. The normalized spacial score (nSPS) is 15.7. The Hall–Kier alpha value is -1.87. The van der Waals surface area contributed by atoms with Crippen molar-refractivity contribution in [1.82, 2.24) is 10.6 Å². The number of hydrogen-bond acceptors (Lipinski definition) is 2. The number of rotatable bonds is 5. The molecule has 1 aliphatic rings. The van der Waals surface area contributed by atoms with Gasteiger partial charge in [0, 0.05) is 12.1 Å². The Morgan fingerprint density at radius 2 is 2.04 bits per heavy atom. The van der Waals surface area contributed by atoms with E-state index in [-0.39, 0.29) is 5.91 Å². The minimum Gasteiger partial charge on any atom is -0.352 e. The van der Waals surface area contributed by atoms with E-state index in [1.807, 2.05) is 12.1 Å². The van der Waals surface area contributed by atoms with Crippen molar-refractivity contribution in [1.29, 1.82) is 0 Å². The molecule has 1 amide bonds. The van der Waals surface area contributed by atoms with Crippen molar-refractivity contribution >= 4 is 16.7 Å². The lowest BCUT2D eigenvalue weighted by Gasteiger charge is -2.24. The molecule has 2 aromatic carbocycles. The molecule has 1 aliphatic heterocycles. The van der Waals surface area contributed by atoms with Crippen LogP contribution >= 0.6 is 0 Å². The quantitative estimate of drug-likeness (QED) is 0.824. The highest BCUT2D eigenvalue weighted by molar-refractivity contribution is 5.99. The molecule has 0 radical (unpaired) electrons. The van der Waals surface area contributed by atoms with Crippen molar-refractivity contribution in [2.24, 2.45) is 0 Å². The molecule has 1 fully saturated rings. The molecule has 122 valence electrons. The topological polar surface area (TPSA) is 41.1 Å². The molecule has 0 spiro atoms. The lowest BCUT2D eigenvalue weighted by atomic mass is 9.86. The number of piperidine rings is 1. The Labute approximate surface area is 138 Å². The average molecular weight is 310 g/mol. The number of carbonyl (C=O) groups is 1.